The topological polar surface area (TPSA) is 0 Å². The number of hydrogen-bond acceptors (Lipinski definition) is 0. The van der Waals surface area contributed by atoms with Gasteiger partial charge in [-0.3, -0.25) is 0 Å². The Kier molecular flexibility index (Phi) is 10.1. The Morgan fingerprint density at radius 2 is 1.14 bits per heavy atom. The van der Waals surface area contributed by atoms with Crippen LogP contribution in [0, 0.1) is 5.41 Å². The van der Waals surface area contributed by atoms with Gasteiger partial charge in [-0.05, 0) is 0 Å². The van der Waals surface area contributed by atoms with Gasteiger partial charge in [0, 0.05) is 0 Å². The molecule has 0 N–H and O–H groups in total. The van der Waals surface area contributed by atoms with Gasteiger partial charge in [-0.1, -0.05) is 0 Å². The normalized spacial score (nSPS) is 17.0. The third-order valence-electron chi connectivity index (χ3n) is 11.4. The number of fused-ring (bicyclic) bond motifs is 5. The molecule has 50 heavy (non-hydrogen) atoms. The predicted molar refractivity (Wildman–Crippen MR) is 203 cm³/mol. The molecule has 3 heteroatoms. The van der Waals surface area contributed by atoms with Crippen LogP contribution in [-0.4, -0.2) is 3.21 Å². The van der Waals surface area contributed by atoms with E-state index in [9.17, 15) is 0 Å². The Bertz CT molecular complexity index is 1990. The van der Waals surface area contributed by atoms with Crippen molar-refractivity contribution in [1.82, 2.24) is 0 Å². The molecule has 254 valence electrons. The van der Waals surface area contributed by atoms with Gasteiger partial charge in [0.05, 0.1) is 0 Å². The van der Waals surface area contributed by atoms with Crippen LogP contribution in [0.2, 0.25) is 0 Å². The Balaban J connectivity index is 0.00000216. The first-order valence-electron chi connectivity index (χ1n) is 17.9. The number of hydrogen-bond donors (Lipinski definition) is 0. The minimum Gasteiger partial charge on any atom is -1.00 e. The van der Waals surface area contributed by atoms with Crippen LogP contribution in [0.1, 0.15) is 103 Å². The summed E-state index contributed by atoms with van der Waals surface area (Å²) in [7, 11) is 0. The summed E-state index contributed by atoms with van der Waals surface area (Å²) >= 11 is -2.71. The van der Waals surface area contributed by atoms with Crippen molar-refractivity contribution in [3.05, 3.63) is 163 Å². The van der Waals surface area contributed by atoms with Crippen molar-refractivity contribution < 1.29 is 46.1 Å². The van der Waals surface area contributed by atoms with Crippen LogP contribution in [0.4, 0.5) is 0 Å². The molecule has 4 aliphatic rings. The standard InChI is InChI=1S/C23H21.C15H14.C9H13.2ClH.Zr/c1-22(2)7-5-14-10-18-16(12-20(14)22)9-17-13-21-15(11-19(17)18)6-8-23(21,3)4;1-3-8-14(9-4-1)12-7-13-15-10-5-2-6-11-15;1-9(2,3)8-6-4-5-7-8;;;/h5-13H,1-4H3;1-6,8-11H,12-13H2;6-7H,4H2,1-3H3;2*1H;/q;;;;;+2/p-2. The molecule has 4 aromatic carbocycles. The first-order valence-corrected chi connectivity index (χ1v) is 21.7. The SMILES string of the molecule is CC(C)(C)C1=CC[C]([Zr+2](=[C](Cc2ccccc2)Cc2ccccc2)[CH]2c3cc4c(cc3-c3cc5c(cc32)C(C)(C)C=C5)C=CC4(C)C)=C1.[Cl-].[Cl-]. The Morgan fingerprint density at radius 1 is 0.680 bits per heavy atom. The second kappa shape index (κ2) is 13.6. The summed E-state index contributed by atoms with van der Waals surface area (Å²) in [5.41, 5.74) is 16.6. The fraction of sp³-hybridized carbons (Fsp3) is 0.298. The molecule has 0 saturated carbocycles. The molecule has 4 aromatic rings. The Hall–Kier alpha value is -2.83. The van der Waals surface area contributed by atoms with Gasteiger partial charge in [0.15, 0.2) is 0 Å². The van der Waals surface area contributed by atoms with Crippen LogP contribution < -0.4 is 24.8 Å². The van der Waals surface area contributed by atoms with Crippen molar-refractivity contribution in [2.45, 2.75) is 82.2 Å². The third kappa shape index (κ3) is 6.53. The van der Waals surface area contributed by atoms with E-state index < -0.39 is 21.3 Å². The summed E-state index contributed by atoms with van der Waals surface area (Å²) in [5, 5.41) is 0. The molecule has 0 aromatic heterocycles. The van der Waals surface area contributed by atoms with E-state index in [1.165, 1.54) is 50.1 Å². The zero-order valence-electron chi connectivity index (χ0n) is 30.5. The monoisotopic (exact) mass is 772 g/mol. The number of rotatable bonds is 6. The molecule has 0 spiro atoms. The molecule has 0 unspecified atom stereocenters. The summed E-state index contributed by atoms with van der Waals surface area (Å²) in [6.07, 6.45) is 18.1. The summed E-state index contributed by atoms with van der Waals surface area (Å²) in [5.74, 6) is 0. The summed E-state index contributed by atoms with van der Waals surface area (Å²) in [4.78, 5) is 0. The predicted octanol–water partition coefficient (Wildman–Crippen LogP) is 5.91. The van der Waals surface area contributed by atoms with Crippen molar-refractivity contribution >= 4 is 15.4 Å². The van der Waals surface area contributed by atoms with Crippen LogP contribution in [0.5, 0.6) is 0 Å². The zero-order valence-corrected chi connectivity index (χ0v) is 34.5. The van der Waals surface area contributed by atoms with Gasteiger partial charge in [-0.15, -0.1) is 0 Å². The average molecular weight is 775 g/mol. The first kappa shape index (κ1) is 36.9. The Labute approximate surface area is 320 Å². The zero-order chi connectivity index (χ0) is 33.4. The third-order valence-corrected chi connectivity index (χ3v) is 19.6. The number of halogens is 2. The molecule has 0 bridgehead atoms. The first-order chi connectivity index (χ1) is 22.9. The largest absolute Gasteiger partial charge is 1.00 e. The second-order valence-corrected chi connectivity index (χ2v) is 23.5. The fourth-order valence-corrected chi connectivity index (χ4v) is 17.9. The molecule has 0 atom stereocenters. The molecular weight excluding hydrogens is 727 g/mol. The van der Waals surface area contributed by atoms with Gasteiger partial charge < -0.3 is 24.8 Å². The summed E-state index contributed by atoms with van der Waals surface area (Å²) < 4.78 is 4.02. The van der Waals surface area contributed by atoms with Gasteiger partial charge in [0.25, 0.3) is 0 Å². The van der Waals surface area contributed by atoms with Gasteiger partial charge in [0.1, 0.15) is 0 Å². The maximum atomic E-state index is 2.68. The van der Waals surface area contributed by atoms with E-state index in [1.807, 2.05) is 3.21 Å². The van der Waals surface area contributed by atoms with E-state index in [4.69, 9.17) is 0 Å². The minimum atomic E-state index is -2.71. The van der Waals surface area contributed by atoms with Gasteiger partial charge >= 0.3 is 298 Å². The van der Waals surface area contributed by atoms with Crippen molar-refractivity contribution in [3.63, 3.8) is 0 Å². The maximum Gasteiger partial charge on any atom is -1.00 e. The second-order valence-electron chi connectivity index (χ2n) is 16.7. The van der Waals surface area contributed by atoms with E-state index in [-0.39, 0.29) is 41.1 Å². The number of benzene rings is 4. The van der Waals surface area contributed by atoms with Crippen LogP contribution in [-0.2, 0) is 44.9 Å². The van der Waals surface area contributed by atoms with Crippen molar-refractivity contribution in [2.24, 2.45) is 5.41 Å². The molecular formula is C47H48Cl2Zr. The van der Waals surface area contributed by atoms with Crippen LogP contribution in [0.15, 0.2) is 118 Å². The molecule has 0 heterocycles. The molecule has 0 amide bonds. The van der Waals surface area contributed by atoms with E-state index in [0.717, 1.165) is 19.3 Å². The van der Waals surface area contributed by atoms with Gasteiger partial charge in [0.2, 0.25) is 0 Å². The van der Waals surface area contributed by atoms with E-state index >= 15 is 0 Å². The maximum absolute atomic E-state index is 2.71. The van der Waals surface area contributed by atoms with Gasteiger partial charge in [-0.25, -0.2) is 0 Å². The average Bonchev–Trinajstić information content (AvgIpc) is 3.81. The minimum absolute atomic E-state index is 0. The van der Waals surface area contributed by atoms with Crippen molar-refractivity contribution in [3.8, 4) is 11.1 Å². The van der Waals surface area contributed by atoms with E-state index in [2.05, 4.69) is 170 Å². The number of allylic oxidation sites excluding steroid dienone is 6. The Morgan fingerprint density at radius 3 is 1.56 bits per heavy atom. The molecule has 0 fully saturated rings. The fourth-order valence-electron chi connectivity index (χ4n) is 8.65. The molecule has 0 aliphatic heterocycles. The molecule has 4 aliphatic carbocycles. The van der Waals surface area contributed by atoms with E-state index in [1.54, 1.807) is 14.4 Å². The smallest absolute Gasteiger partial charge is 1.00 e. The molecule has 0 radical (unpaired) electrons. The van der Waals surface area contributed by atoms with Crippen molar-refractivity contribution in [1.29, 1.82) is 0 Å². The van der Waals surface area contributed by atoms with Crippen LogP contribution >= 0.6 is 0 Å². The van der Waals surface area contributed by atoms with Crippen LogP contribution in [0.25, 0.3) is 23.3 Å². The van der Waals surface area contributed by atoms with E-state index in [0.29, 0.717) is 3.63 Å². The quantitative estimate of drug-likeness (QED) is 0.229. The molecule has 0 nitrogen and oxygen atoms in total. The molecule has 0 saturated heterocycles. The molecule has 8 rings (SSSR count). The van der Waals surface area contributed by atoms with Crippen molar-refractivity contribution in [2.75, 3.05) is 0 Å². The van der Waals surface area contributed by atoms with Gasteiger partial charge in [-0.2, -0.15) is 0 Å². The summed E-state index contributed by atoms with van der Waals surface area (Å²) in [6.45, 7) is 16.7. The van der Waals surface area contributed by atoms with Crippen LogP contribution in [0.3, 0.4) is 0 Å². The summed E-state index contributed by atoms with van der Waals surface area (Å²) in [6, 6.07) is 33.1.